The summed E-state index contributed by atoms with van der Waals surface area (Å²) >= 11 is 1.83. The topological polar surface area (TPSA) is 44.5 Å². The normalized spacial score (nSPS) is 12.2. The molecular weight excluding hydrogens is 270 g/mol. The Morgan fingerprint density at radius 3 is 2.45 bits per heavy atom. The third-order valence-corrected chi connectivity index (χ3v) is 4.57. The number of ether oxygens (including phenoxy) is 2. The summed E-state index contributed by atoms with van der Waals surface area (Å²) in [7, 11) is 3.29. The van der Waals surface area contributed by atoms with Crippen LogP contribution in [-0.2, 0) is 12.8 Å². The molecule has 0 aliphatic heterocycles. The number of benzene rings is 1. The van der Waals surface area contributed by atoms with E-state index in [1.165, 1.54) is 9.75 Å². The van der Waals surface area contributed by atoms with Crippen LogP contribution >= 0.6 is 11.3 Å². The van der Waals surface area contributed by atoms with Crippen molar-refractivity contribution in [2.75, 3.05) is 14.2 Å². The number of nitrogens with two attached hydrogens (primary N) is 1. The molecular formula is C16H21NO2S. The highest BCUT2D eigenvalue weighted by atomic mass is 32.1. The van der Waals surface area contributed by atoms with Gasteiger partial charge in [-0.1, -0.05) is 19.1 Å². The number of para-hydroxylation sites is 1. The molecule has 0 fully saturated rings. The predicted octanol–water partition coefficient (Wildman–Crippen LogP) is 3.57. The van der Waals surface area contributed by atoms with Gasteiger partial charge in [-0.15, -0.1) is 11.3 Å². The quantitative estimate of drug-likeness (QED) is 0.885. The number of hydrogen-bond acceptors (Lipinski definition) is 4. The van der Waals surface area contributed by atoms with E-state index in [0.29, 0.717) is 0 Å². The molecule has 0 saturated heterocycles. The Labute approximate surface area is 124 Å². The molecule has 0 aliphatic rings. The molecule has 1 aromatic carbocycles. The molecule has 4 heteroatoms. The lowest BCUT2D eigenvalue weighted by molar-refractivity contribution is 0.349. The molecule has 2 N–H and O–H groups in total. The van der Waals surface area contributed by atoms with Crippen LogP contribution < -0.4 is 15.2 Å². The van der Waals surface area contributed by atoms with Gasteiger partial charge in [-0.05, 0) is 24.6 Å². The summed E-state index contributed by atoms with van der Waals surface area (Å²) in [5, 5.41) is 0. The fraction of sp³-hybridized carbons (Fsp3) is 0.375. The standard InChI is InChI=1S/C16H21NO2S/c1-4-11-8-9-12(20-11)10-14(17)13-6-5-7-15(18-2)16(13)19-3/h5-9,14H,4,10,17H2,1-3H3. The smallest absolute Gasteiger partial charge is 0.165 e. The minimum atomic E-state index is -0.0941. The van der Waals surface area contributed by atoms with Crippen molar-refractivity contribution in [2.45, 2.75) is 25.8 Å². The lowest BCUT2D eigenvalue weighted by Gasteiger charge is -2.17. The van der Waals surface area contributed by atoms with Gasteiger partial charge >= 0.3 is 0 Å². The Hall–Kier alpha value is -1.52. The lowest BCUT2D eigenvalue weighted by atomic mass is 10.0. The van der Waals surface area contributed by atoms with Gasteiger partial charge in [-0.25, -0.2) is 0 Å². The summed E-state index contributed by atoms with van der Waals surface area (Å²) in [5.41, 5.74) is 7.33. The van der Waals surface area contributed by atoms with Gasteiger partial charge in [0.05, 0.1) is 14.2 Å². The number of thiophene rings is 1. The number of methoxy groups -OCH3 is 2. The minimum absolute atomic E-state index is 0.0941. The van der Waals surface area contributed by atoms with E-state index in [1.54, 1.807) is 14.2 Å². The Kier molecular flexibility index (Phi) is 5.04. The SMILES string of the molecule is CCc1ccc(CC(N)c2cccc(OC)c2OC)s1. The van der Waals surface area contributed by atoms with Gasteiger partial charge in [0.1, 0.15) is 0 Å². The van der Waals surface area contributed by atoms with Crippen LogP contribution in [0.3, 0.4) is 0 Å². The molecule has 1 atom stereocenters. The van der Waals surface area contributed by atoms with E-state index < -0.39 is 0 Å². The predicted molar refractivity (Wildman–Crippen MR) is 83.9 cm³/mol. The van der Waals surface area contributed by atoms with E-state index in [2.05, 4.69) is 19.1 Å². The molecule has 1 aromatic heterocycles. The molecule has 0 radical (unpaired) electrons. The van der Waals surface area contributed by atoms with Gasteiger partial charge in [-0.3, -0.25) is 0 Å². The first kappa shape index (κ1) is 14.9. The Morgan fingerprint density at radius 1 is 1.10 bits per heavy atom. The number of aryl methyl sites for hydroxylation is 1. The Balaban J connectivity index is 2.22. The summed E-state index contributed by atoms with van der Waals surface area (Å²) < 4.78 is 10.8. The average molecular weight is 291 g/mol. The maximum atomic E-state index is 6.35. The highest BCUT2D eigenvalue weighted by molar-refractivity contribution is 7.11. The molecule has 20 heavy (non-hydrogen) atoms. The summed E-state index contributed by atoms with van der Waals surface area (Å²) in [5.74, 6) is 1.45. The first-order chi connectivity index (χ1) is 9.69. The van der Waals surface area contributed by atoms with Gasteiger partial charge in [0, 0.05) is 27.8 Å². The molecule has 1 heterocycles. The van der Waals surface area contributed by atoms with Crippen LogP contribution in [0.5, 0.6) is 11.5 Å². The maximum absolute atomic E-state index is 6.35. The van der Waals surface area contributed by atoms with Gasteiger partial charge in [0.2, 0.25) is 0 Å². The Bertz CT molecular complexity index is 565. The van der Waals surface area contributed by atoms with Crippen LogP contribution in [0.2, 0.25) is 0 Å². The summed E-state index contributed by atoms with van der Waals surface area (Å²) in [6, 6.07) is 10.1. The molecule has 1 unspecified atom stereocenters. The van der Waals surface area contributed by atoms with Gasteiger partial charge < -0.3 is 15.2 Å². The summed E-state index contributed by atoms with van der Waals surface area (Å²) in [6.07, 6.45) is 1.89. The van der Waals surface area contributed by atoms with E-state index in [4.69, 9.17) is 15.2 Å². The first-order valence-electron chi connectivity index (χ1n) is 6.73. The van der Waals surface area contributed by atoms with Crippen molar-refractivity contribution < 1.29 is 9.47 Å². The van der Waals surface area contributed by atoms with E-state index in [1.807, 2.05) is 29.5 Å². The number of hydrogen-bond donors (Lipinski definition) is 1. The van der Waals surface area contributed by atoms with E-state index in [9.17, 15) is 0 Å². The van der Waals surface area contributed by atoms with Crippen molar-refractivity contribution in [1.82, 2.24) is 0 Å². The average Bonchev–Trinajstić information content (AvgIpc) is 2.93. The highest BCUT2D eigenvalue weighted by Crippen LogP contribution is 2.35. The third-order valence-electron chi connectivity index (χ3n) is 3.32. The van der Waals surface area contributed by atoms with Crippen molar-refractivity contribution in [1.29, 1.82) is 0 Å². The van der Waals surface area contributed by atoms with E-state index in [-0.39, 0.29) is 6.04 Å². The van der Waals surface area contributed by atoms with E-state index in [0.717, 1.165) is 29.9 Å². The monoisotopic (exact) mass is 291 g/mol. The van der Waals surface area contributed by atoms with Crippen molar-refractivity contribution in [3.63, 3.8) is 0 Å². The second kappa shape index (κ2) is 6.77. The van der Waals surface area contributed by atoms with Crippen molar-refractivity contribution in [3.05, 3.63) is 45.6 Å². The first-order valence-corrected chi connectivity index (χ1v) is 7.55. The maximum Gasteiger partial charge on any atom is 0.165 e. The van der Waals surface area contributed by atoms with Crippen LogP contribution in [0.1, 0.15) is 28.3 Å². The largest absolute Gasteiger partial charge is 0.493 e. The van der Waals surface area contributed by atoms with Gasteiger partial charge in [0.15, 0.2) is 11.5 Å². The van der Waals surface area contributed by atoms with Gasteiger partial charge in [-0.2, -0.15) is 0 Å². The van der Waals surface area contributed by atoms with Crippen LogP contribution in [0.15, 0.2) is 30.3 Å². The summed E-state index contributed by atoms with van der Waals surface area (Å²) in [6.45, 7) is 2.17. The van der Waals surface area contributed by atoms with Gasteiger partial charge in [0.25, 0.3) is 0 Å². The zero-order valence-electron chi connectivity index (χ0n) is 12.2. The second-order valence-electron chi connectivity index (χ2n) is 4.61. The zero-order chi connectivity index (χ0) is 14.5. The molecule has 2 aromatic rings. The molecule has 108 valence electrons. The molecule has 3 nitrogen and oxygen atoms in total. The Morgan fingerprint density at radius 2 is 1.85 bits per heavy atom. The van der Waals surface area contributed by atoms with Crippen LogP contribution in [0.25, 0.3) is 0 Å². The fourth-order valence-corrected chi connectivity index (χ4v) is 3.27. The summed E-state index contributed by atoms with van der Waals surface area (Å²) in [4.78, 5) is 2.70. The molecule has 0 amide bonds. The van der Waals surface area contributed by atoms with Crippen LogP contribution in [0, 0.1) is 0 Å². The van der Waals surface area contributed by atoms with Crippen LogP contribution in [-0.4, -0.2) is 14.2 Å². The van der Waals surface area contributed by atoms with Crippen molar-refractivity contribution >= 4 is 11.3 Å². The molecule has 0 aliphatic carbocycles. The highest BCUT2D eigenvalue weighted by Gasteiger charge is 2.16. The van der Waals surface area contributed by atoms with Crippen LogP contribution in [0.4, 0.5) is 0 Å². The fourth-order valence-electron chi connectivity index (χ4n) is 2.25. The van der Waals surface area contributed by atoms with E-state index >= 15 is 0 Å². The van der Waals surface area contributed by atoms with Crippen molar-refractivity contribution in [2.24, 2.45) is 5.73 Å². The number of rotatable bonds is 6. The second-order valence-corrected chi connectivity index (χ2v) is 5.87. The molecule has 0 spiro atoms. The zero-order valence-corrected chi connectivity index (χ0v) is 13.0. The lowest BCUT2D eigenvalue weighted by Crippen LogP contribution is -2.14. The minimum Gasteiger partial charge on any atom is -0.493 e. The molecule has 2 rings (SSSR count). The third kappa shape index (κ3) is 3.14. The molecule has 0 bridgehead atoms. The molecule has 0 saturated carbocycles. The van der Waals surface area contributed by atoms with Crippen molar-refractivity contribution in [3.8, 4) is 11.5 Å².